The third-order valence-electron chi connectivity index (χ3n) is 5.32. The number of phenolic OH excluding ortho intramolecular Hbond substituents is 1. The minimum Gasteiger partial charge on any atom is -0.507 e. The van der Waals surface area contributed by atoms with Gasteiger partial charge in [-0.25, -0.2) is 0 Å². The Balaban J connectivity index is 1.85. The van der Waals surface area contributed by atoms with Crippen LogP contribution in [0, 0.1) is 13.8 Å². The van der Waals surface area contributed by atoms with Crippen LogP contribution in [-0.2, 0) is 0 Å². The first-order valence-corrected chi connectivity index (χ1v) is 9.47. The summed E-state index contributed by atoms with van der Waals surface area (Å²) in [4.78, 5) is 14.7. The minimum absolute atomic E-state index is 0.0371. The van der Waals surface area contributed by atoms with Crippen molar-refractivity contribution in [1.29, 1.82) is 0 Å². The molecule has 0 aliphatic heterocycles. The highest BCUT2D eigenvalue weighted by Crippen LogP contribution is 2.34. The molecule has 1 aliphatic rings. The lowest BCUT2D eigenvalue weighted by Crippen LogP contribution is -2.38. The number of benzene rings is 2. The Kier molecular flexibility index (Phi) is 5.59. The maximum Gasteiger partial charge on any atom is 0.257 e. The van der Waals surface area contributed by atoms with Crippen LogP contribution in [-0.4, -0.2) is 29.0 Å². The van der Waals surface area contributed by atoms with E-state index < -0.39 is 0 Å². The molecule has 1 saturated carbocycles. The van der Waals surface area contributed by atoms with Crippen LogP contribution in [0.3, 0.4) is 0 Å². The van der Waals surface area contributed by atoms with Gasteiger partial charge in [-0.3, -0.25) is 4.79 Å². The second kappa shape index (κ2) is 7.91. The van der Waals surface area contributed by atoms with Gasteiger partial charge in [0.25, 0.3) is 5.91 Å². The van der Waals surface area contributed by atoms with Gasteiger partial charge in [0.15, 0.2) is 0 Å². The third-order valence-corrected chi connectivity index (χ3v) is 5.32. The van der Waals surface area contributed by atoms with Crippen molar-refractivity contribution in [2.75, 3.05) is 7.05 Å². The Morgan fingerprint density at radius 1 is 1.11 bits per heavy atom. The van der Waals surface area contributed by atoms with Crippen molar-refractivity contribution in [2.45, 2.75) is 52.0 Å². The lowest BCUT2D eigenvalue weighted by molar-refractivity contribution is 0.0693. The zero-order chi connectivity index (χ0) is 19.6. The molecule has 2 N–H and O–H groups in total. The summed E-state index contributed by atoms with van der Waals surface area (Å²) in [6.07, 6.45) is 5.53. The van der Waals surface area contributed by atoms with Crippen LogP contribution < -0.4 is 10.5 Å². The van der Waals surface area contributed by atoms with Crippen LogP contribution >= 0.6 is 0 Å². The molecular formula is C22H27N2O3. The molecule has 3 rings (SSSR count). The summed E-state index contributed by atoms with van der Waals surface area (Å²) in [5.74, 6) is 0.956. The highest BCUT2D eigenvalue weighted by atomic mass is 16.5. The predicted octanol–water partition coefficient (Wildman–Crippen LogP) is 5.12. The fraction of sp³-hybridized carbons (Fsp3) is 0.409. The lowest BCUT2D eigenvalue weighted by atomic mass is 9.94. The number of phenols is 1. The van der Waals surface area contributed by atoms with E-state index in [1.165, 1.54) is 12.5 Å². The molecule has 1 fully saturated rings. The maximum atomic E-state index is 12.9. The van der Waals surface area contributed by atoms with E-state index in [9.17, 15) is 9.90 Å². The summed E-state index contributed by atoms with van der Waals surface area (Å²) >= 11 is 0. The standard InChI is InChI=1S/C22H27N2O3/c1-14-11-16(23)12-15(2)21(14)27-18-9-10-20(25)19(13-18)22(26)24(3)17-7-5-4-6-8-17/h9-13,17,23,25H,4-8H2,1-3H3. The number of aromatic hydroxyl groups is 1. The molecule has 0 saturated heterocycles. The lowest BCUT2D eigenvalue weighted by Gasteiger charge is -2.31. The molecule has 2 aromatic rings. The Morgan fingerprint density at radius 3 is 2.37 bits per heavy atom. The van der Waals surface area contributed by atoms with Gasteiger partial charge >= 0.3 is 0 Å². The number of hydrogen-bond donors (Lipinski definition) is 1. The molecule has 2 aromatic carbocycles. The molecule has 1 radical (unpaired) electrons. The molecule has 0 spiro atoms. The topological polar surface area (TPSA) is 73.6 Å². The Labute approximate surface area is 160 Å². The largest absolute Gasteiger partial charge is 0.507 e. The Morgan fingerprint density at radius 2 is 1.74 bits per heavy atom. The number of amides is 1. The smallest absolute Gasteiger partial charge is 0.257 e. The molecule has 27 heavy (non-hydrogen) atoms. The zero-order valence-corrected chi connectivity index (χ0v) is 16.2. The van der Waals surface area contributed by atoms with E-state index >= 15 is 0 Å². The van der Waals surface area contributed by atoms with E-state index in [0.717, 1.165) is 36.8 Å². The number of nitrogens with one attached hydrogen (secondary N) is 1. The van der Waals surface area contributed by atoms with Gasteiger partial charge in [0.05, 0.1) is 11.3 Å². The van der Waals surface area contributed by atoms with Crippen LogP contribution in [0.2, 0.25) is 0 Å². The van der Waals surface area contributed by atoms with Crippen LogP contribution in [0.25, 0.3) is 0 Å². The Hall–Kier alpha value is -2.69. The fourth-order valence-corrected chi connectivity index (χ4v) is 3.80. The second-order valence-corrected chi connectivity index (χ2v) is 7.43. The zero-order valence-electron chi connectivity index (χ0n) is 16.2. The van der Waals surface area contributed by atoms with Crippen LogP contribution in [0.1, 0.15) is 53.6 Å². The van der Waals surface area contributed by atoms with Gasteiger partial charge in [-0.05, 0) is 68.1 Å². The number of aryl methyl sites for hydroxylation is 2. The fourth-order valence-electron chi connectivity index (χ4n) is 3.80. The quantitative estimate of drug-likeness (QED) is 0.815. The van der Waals surface area contributed by atoms with E-state index in [1.54, 1.807) is 29.2 Å². The summed E-state index contributed by atoms with van der Waals surface area (Å²) in [6, 6.07) is 8.47. The first-order valence-electron chi connectivity index (χ1n) is 9.47. The Bertz CT molecular complexity index is 818. The molecule has 0 bridgehead atoms. The molecule has 0 unspecified atom stereocenters. The average molecular weight is 367 g/mol. The number of rotatable bonds is 4. The molecule has 0 atom stereocenters. The van der Waals surface area contributed by atoms with Gasteiger partial charge in [-0.2, -0.15) is 0 Å². The van der Waals surface area contributed by atoms with Crippen molar-refractivity contribution in [2.24, 2.45) is 0 Å². The molecule has 5 nitrogen and oxygen atoms in total. The SMILES string of the molecule is Cc1cc([NH])cc(C)c1Oc1ccc(O)c(C(=O)N(C)C2CCCCC2)c1. The van der Waals surface area contributed by atoms with Crippen molar-refractivity contribution in [3.05, 3.63) is 47.0 Å². The van der Waals surface area contributed by atoms with E-state index in [1.807, 2.05) is 20.9 Å². The van der Waals surface area contributed by atoms with Gasteiger partial charge < -0.3 is 20.5 Å². The summed E-state index contributed by atoms with van der Waals surface area (Å²) in [5, 5.41) is 10.2. The molecule has 143 valence electrons. The number of carbonyl (C=O) groups excluding carboxylic acids is 1. The highest BCUT2D eigenvalue weighted by molar-refractivity contribution is 5.97. The first kappa shape index (κ1) is 19.1. The number of ether oxygens (including phenoxy) is 1. The maximum absolute atomic E-state index is 12.9. The number of nitrogens with zero attached hydrogens (tertiary/aromatic N) is 1. The predicted molar refractivity (Wildman–Crippen MR) is 106 cm³/mol. The first-order chi connectivity index (χ1) is 12.9. The van der Waals surface area contributed by atoms with Crippen LogP contribution in [0.15, 0.2) is 30.3 Å². The van der Waals surface area contributed by atoms with Crippen LogP contribution in [0.5, 0.6) is 17.2 Å². The van der Waals surface area contributed by atoms with Crippen molar-refractivity contribution in [3.8, 4) is 17.2 Å². The van der Waals surface area contributed by atoms with Crippen molar-refractivity contribution >= 4 is 11.6 Å². The molecular weight excluding hydrogens is 340 g/mol. The van der Waals surface area contributed by atoms with Crippen molar-refractivity contribution in [3.63, 3.8) is 0 Å². The molecule has 0 heterocycles. The van der Waals surface area contributed by atoms with Crippen molar-refractivity contribution < 1.29 is 14.6 Å². The van der Waals surface area contributed by atoms with Crippen molar-refractivity contribution in [1.82, 2.24) is 10.6 Å². The number of carbonyl (C=O) groups is 1. The summed E-state index contributed by atoms with van der Waals surface area (Å²) in [7, 11) is 1.81. The molecule has 5 heteroatoms. The molecule has 1 amide bonds. The number of hydrogen-bond acceptors (Lipinski definition) is 3. The van der Waals surface area contributed by atoms with Gasteiger partial charge in [-0.15, -0.1) is 0 Å². The summed E-state index contributed by atoms with van der Waals surface area (Å²) < 4.78 is 6.00. The highest BCUT2D eigenvalue weighted by Gasteiger charge is 2.25. The minimum atomic E-state index is -0.181. The van der Waals surface area contributed by atoms with Crippen LogP contribution in [0.4, 0.5) is 5.69 Å². The van der Waals surface area contributed by atoms with Gasteiger partial charge in [0, 0.05) is 13.1 Å². The van der Waals surface area contributed by atoms with E-state index in [2.05, 4.69) is 0 Å². The summed E-state index contributed by atoms with van der Waals surface area (Å²) in [5.41, 5.74) is 10.2. The van der Waals surface area contributed by atoms with Gasteiger partial charge in [0.1, 0.15) is 17.2 Å². The van der Waals surface area contributed by atoms with E-state index in [0.29, 0.717) is 17.2 Å². The molecule has 1 aliphatic carbocycles. The monoisotopic (exact) mass is 367 g/mol. The van der Waals surface area contributed by atoms with Gasteiger partial charge in [0.2, 0.25) is 0 Å². The van der Waals surface area contributed by atoms with E-state index in [-0.39, 0.29) is 23.3 Å². The van der Waals surface area contributed by atoms with Gasteiger partial charge in [-0.1, -0.05) is 19.3 Å². The molecule has 0 aromatic heterocycles. The summed E-state index contributed by atoms with van der Waals surface area (Å²) in [6.45, 7) is 3.79. The van der Waals surface area contributed by atoms with E-state index in [4.69, 9.17) is 10.5 Å². The average Bonchev–Trinajstić information content (AvgIpc) is 2.65. The normalized spacial score (nSPS) is 14.8. The second-order valence-electron chi connectivity index (χ2n) is 7.43. The third kappa shape index (κ3) is 4.18.